The summed E-state index contributed by atoms with van der Waals surface area (Å²) in [6.45, 7) is 3.57. The molecule has 0 saturated heterocycles. The summed E-state index contributed by atoms with van der Waals surface area (Å²) in [7, 11) is -3.60. The second-order valence-electron chi connectivity index (χ2n) is 6.94. The van der Waals surface area contributed by atoms with E-state index in [0.29, 0.717) is 39.9 Å². The summed E-state index contributed by atoms with van der Waals surface area (Å²) in [5.41, 5.74) is 2.58. The normalized spacial score (nSPS) is 11.7. The van der Waals surface area contributed by atoms with Crippen LogP contribution in [0.4, 0.5) is 0 Å². The van der Waals surface area contributed by atoms with Gasteiger partial charge in [0.2, 0.25) is 10.0 Å². The number of carboxylic acids is 1. The maximum Gasteiger partial charge on any atom is 0.341 e. The fourth-order valence-corrected chi connectivity index (χ4v) is 6.20. The Bertz CT molecular complexity index is 1190. The molecule has 0 aliphatic carbocycles. The Morgan fingerprint density at radius 3 is 2.67 bits per heavy atom. The highest BCUT2D eigenvalue weighted by atomic mass is 35.5. The number of carbonyl (C=O) groups is 1. The summed E-state index contributed by atoms with van der Waals surface area (Å²) in [4.78, 5) is 10.6. The van der Waals surface area contributed by atoms with E-state index in [1.54, 1.807) is 25.1 Å². The van der Waals surface area contributed by atoms with Gasteiger partial charge >= 0.3 is 5.97 Å². The molecular weight excluding hydrogens is 446 g/mol. The minimum absolute atomic E-state index is 0.313. The largest absolute Gasteiger partial charge is 0.482 e. The van der Waals surface area contributed by atoms with Crippen molar-refractivity contribution in [3.63, 3.8) is 0 Å². The molecule has 0 amide bonds. The number of ether oxygens (including phenoxy) is 1. The number of halogens is 1. The van der Waals surface area contributed by atoms with Crippen molar-refractivity contribution in [3.8, 4) is 5.75 Å². The van der Waals surface area contributed by atoms with Crippen LogP contribution in [0.5, 0.6) is 5.75 Å². The molecular formula is C21H22ClNO5S2. The summed E-state index contributed by atoms with van der Waals surface area (Å²) < 4.78 is 34.6. The summed E-state index contributed by atoms with van der Waals surface area (Å²) in [5, 5.41) is 10.1. The van der Waals surface area contributed by atoms with Crippen molar-refractivity contribution >= 4 is 49.0 Å². The molecule has 0 radical (unpaired) electrons. The molecule has 3 rings (SSSR count). The first-order chi connectivity index (χ1) is 14.2. The van der Waals surface area contributed by atoms with Gasteiger partial charge in [-0.05, 0) is 73.0 Å². The molecule has 0 saturated carbocycles. The standard InChI is InChI=1S/C21H22ClNO5S2/c1-13-10-15(5-7-18(13)28-12-20(24)25)4-3-9-23-30(26,27)21-14(2)17-11-16(22)6-8-19(17)29-21/h5-8,10-11,23H,3-4,9,12H2,1-2H3,(H,24,25). The van der Waals surface area contributed by atoms with Gasteiger partial charge in [0.1, 0.15) is 9.96 Å². The van der Waals surface area contributed by atoms with E-state index in [1.165, 1.54) is 11.3 Å². The maximum absolute atomic E-state index is 12.7. The molecule has 2 N–H and O–H groups in total. The molecule has 9 heteroatoms. The minimum atomic E-state index is -3.60. The second kappa shape index (κ2) is 9.34. The first-order valence-electron chi connectivity index (χ1n) is 9.30. The van der Waals surface area contributed by atoms with Crippen LogP contribution in [0.3, 0.4) is 0 Å². The molecule has 0 aliphatic rings. The van der Waals surface area contributed by atoms with Crippen LogP contribution in [0.15, 0.2) is 40.6 Å². The highest BCUT2D eigenvalue weighted by Crippen LogP contribution is 2.35. The van der Waals surface area contributed by atoms with Crippen molar-refractivity contribution in [3.05, 3.63) is 58.1 Å². The Balaban J connectivity index is 1.59. The molecule has 1 aromatic heterocycles. The zero-order valence-corrected chi connectivity index (χ0v) is 19.0. The number of hydrogen-bond donors (Lipinski definition) is 2. The van der Waals surface area contributed by atoms with Crippen LogP contribution in [0.1, 0.15) is 23.1 Å². The summed E-state index contributed by atoms with van der Waals surface area (Å²) >= 11 is 7.27. The molecule has 0 fully saturated rings. The number of aryl methyl sites for hydroxylation is 3. The van der Waals surface area contributed by atoms with Crippen LogP contribution in [0.25, 0.3) is 10.1 Å². The van der Waals surface area contributed by atoms with Gasteiger partial charge in [0.25, 0.3) is 0 Å². The monoisotopic (exact) mass is 467 g/mol. The highest BCUT2D eigenvalue weighted by Gasteiger charge is 2.21. The van der Waals surface area contributed by atoms with Crippen molar-refractivity contribution in [1.82, 2.24) is 4.72 Å². The number of benzene rings is 2. The average molecular weight is 468 g/mol. The predicted octanol–water partition coefficient (Wildman–Crippen LogP) is 4.55. The van der Waals surface area contributed by atoms with Crippen LogP contribution in [0, 0.1) is 13.8 Å². The lowest BCUT2D eigenvalue weighted by atomic mass is 10.1. The molecule has 2 aromatic carbocycles. The number of hydrogen-bond acceptors (Lipinski definition) is 5. The fraction of sp³-hybridized carbons (Fsp3) is 0.286. The van der Waals surface area contributed by atoms with Crippen molar-refractivity contribution < 1.29 is 23.1 Å². The van der Waals surface area contributed by atoms with Gasteiger partial charge in [0, 0.05) is 16.3 Å². The van der Waals surface area contributed by atoms with Crippen LogP contribution in [-0.2, 0) is 21.2 Å². The lowest BCUT2D eigenvalue weighted by molar-refractivity contribution is -0.139. The highest BCUT2D eigenvalue weighted by molar-refractivity contribution is 7.91. The lowest BCUT2D eigenvalue weighted by Crippen LogP contribution is -2.24. The number of fused-ring (bicyclic) bond motifs is 1. The molecule has 6 nitrogen and oxygen atoms in total. The molecule has 160 valence electrons. The Labute approximate surface area is 184 Å². The lowest BCUT2D eigenvalue weighted by Gasteiger charge is -2.10. The van der Waals surface area contributed by atoms with Crippen molar-refractivity contribution in [2.45, 2.75) is 30.9 Å². The first kappa shape index (κ1) is 22.6. The van der Waals surface area contributed by atoms with Gasteiger partial charge in [-0.15, -0.1) is 11.3 Å². The van der Waals surface area contributed by atoms with Crippen molar-refractivity contribution in [2.75, 3.05) is 13.2 Å². The number of rotatable bonds is 9. The van der Waals surface area contributed by atoms with Gasteiger partial charge in [0.15, 0.2) is 6.61 Å². The number of nitrogens with one attached hydrogen (secondary N) is 1. The van der Waals surface area contributed by atoms with Crippen molar-refractivity contribution in [2.24, 2.45) is 0 Å². The third kappa shape index (κ3) is 5.31. The topological polar surface area (TPSA) is 92.7 Å². The van der Waals surface area contributed by atoms with Crippen LogP contribution in [0.2, 0.25) is 5.02 Å². The van der Waals surface area contributed by atoms with Crippen molar-refractivity contribution in [1.29, 1.82) is 0 Å². The van der Waals surface area contributed by atoms with Gasteiger partial charge in [-0.2, -0.15) is 0 Å². The Hall–Kier alpha value is -2.13. The Kier molecular flexibility index (Phi) is 7.02. The van der Waals surface area contributed by atoms with E-state index in [-0.39, 0.29) is 6.61 Å². The Morgan fingerprint density at radius 1 is 1.20 bits per heavy atom. The molecule has 0 unspecified atom stereocenters. The number of aliphatic carboxylic acids is 1. The van der Waals surface area contributed by atoms with E-state index >= 15 is 0 Å². The van der Waals surface area contributed by atoms with Gasteiger partial charge in [-0.25, -0.2) is 17.9 Å². The van der Waals surface area contributed by atoms with E-state index in [0.717, 1.165) is 21.2 Å². The first-order valence-corrected chi connectivity index (χ1v) is 12.0. The van der Waals surface area contributed by atoms with Gasteiger partial charge in [-0.1, -0.05) is 23.7 Å². The van der Waals surface area contributed by atoms with Gasteiger partial charge < -0.3 is 9.84 Å². The van der Waals surface area contributed by atoms with Crippen LogP contribution >= 0.6 is 22.9 Å². The SMILES string of the molecule is Cc1cc(CCCNS(=O)(=O)c2sc3ccc(Cl)cc3c2C)ccc1OCC(=O)O. The zero-order valence-electron chi connectivity index (χ0n) is 16.6. The number of thiophene rings is 1. The number of carboxylic acid groups (broad SMARTS) is 1. The fourth-order valence-electron chi connectivity index (χ4n) is 3.16. The second-order valence-corrected chi connectivity index (χ2v) is 10.4. The summed E-state index contributed by atoms with van der Waals surface area (Å²) in [5.74, 6) is -0.495. The molecule has 0 aliphatic heterocycles. The molecule has 0 atom stereocenters. The maximum atomic E-state index is 12.7. The quantitative estimate of drug-likeness (QED) is 0.450. The van der Waals surface area contributed by atoms with Gasteiger partial charge in [0.05, 0.1) is 0 Å². The summed E-state index contributed by atoms with van der Waals surface area (Å²) in [6, 6.07) is 10.9. The van der Waals surface area contributed by atoms with E-state index in [2.05, 4.69) is 4.72 Å². The molecule has 1 heterocycles. The zero-order chi connectivity index (χ0) is 21.9. The van der Waals surface area contributed by atoms with Gasteiger partial charge in [-0.3, -0.25) is 0 Å². The molecule has 0 bridgehead atoms. The van der Waals surface area contributed by atoms with Crippen LogP contribution < -0.4 is 9.46 Å². The third-order valence-corrected chi connectivity index (χ3v) is 8.21. The molecule has 3 aromatic rings. The average Bonchev–Trinajstić information content (AvgIpc) is 3.01. The van der Waals surface area contributed by atoms with E-state index in [9.17, 15) is 13.2 Å². The van der Waals surface area contributed by atoms with E-state index in [1.807, 2.05) is 25.1 Å². The smallest absolute Gasteiger partial charge is 0.341 e. The Morgan fingerprint density at radius 2 is 1.97 bits per heavy atom. The molecule has 0 spiro atoms. The minimum Gasteiger partial charge on any atom is -0.482 e. The molecule has 30 heavy (non-hydrogen) atoms. The number of sulfonamides is 1. The summed E-state index contributed by atoms with van der Waals surface area (Å²) in [6.07, 6.45) is 1.31. The van der Waals surface area contributed by atoms with E-state index < -0.39 is 16.0 Å². The van der Waals surface area contributed by atoms with E-state index in [4.69, 9.17) is 21.4 Å². The predicted molar refractivity (Wildman–Crippen MR) is 119 cm³/mol. The van der Waals surface area contributed by atoms with Crippen LogP contribution in [-0.4, -0.2) is 32.6 Å². The third-order valence-electron chi connectivity index (χ3n) is 4.62.